The van der Waals surface area contributed by atoms with E-state index in [-0.39, 0.29) is 5.69 Å². The highest BCUT2D eigenvalue weighted by molar-refractivity contribution is 6.01. The number of amidine groups is 1. The van der Waals surface area contributed by atoms with Crippen LogP contribution in [0.5, 0.6) is 0 Å². The normalized spacial score (nSPS) is 13.8. The number of nitrogens with zero attached hydrogens (tertiary/aromatic N) is 2. The molecule has 1 aliphatic heterocycles. The molecule has 10 heteroatoms. The zero-order valence-electron chi connectivity index (χ0n) is 16.7. The topological polar surface area (TPSA) is 108 Å². The number of carbonyl (C=O) groups is 1. The van der Waals surface area contributed by atoms with E-state index in [1.54, 1.807) is 24.4 Å². The highest BCUT2D eigenvalue weighted by Gasteiger charge is 2.30. The van der Waals surface area contributed by atoms with E-state index in [0.29, 0.717) is 23.8 Å². The van der Waals surface area contributed by atoms with Crippen molar-refractivity contribution in [2.24, 2.45) is 10.7 Å². The Morgan fingerprint density at radius 1 is 1.06 bits per heavy atom. The van der Waals surface area contributed by atoms with E-state index in [4.69, 9.17) is 5.73 Å². The van der Waals surface area contributed by atoms with Crippen molar-refractivity contribution < 1.29 is 18.0 Å². The molecule has 0 spiro atoms. The first-order chi connectivity index (χ1) is 15.3. The number of alkyl halides is 3. The number of hydrogen-bond acceptors (Lipinski definition) is 4. The van der Waals surface area contributed by atoms with E-state index in [9.17, 15) is 18.0 Å². The molecule has 1 aromatic heterocycles. The summed E-state index contributed by atoms with van der Waals surface area (Å²) in [6.07, 6.45) is -0.0894. The summed E-state index contributed by atoms with van der Waals surface area (Å²) in [4.78, 5) is 16.5. The molecule has 0 unspecified atom stereocenters. The Kier molecular flexibility index (Phi) is 5.67. The quantitative estimate of drug-likeness (QED) is 0.464. The van der Waals surface area contributed by atoms with Gasteiger partial charge in [0.1, 0.15) is 5.84 Å². The Bertz CT molecular complexity index is 1190. The molecule has 2 heterocycles. The molecule has 4 rings (SSSR count). The van der Waals surface area contributed by atoms with Crippen LogP contribution in [0, 0.1) is 0 Å². The Balaban J connectivity index is 1.48. The number of aromatic nitrogens is 2. The molecule has 0 fully saturated rings. The average molecular weight is 440 g/mol. The van der Waals surface area contributed by atoms with Gasteiger partial charge in [0.05, 0.1) is 11.3 Å². The third-order valence-corrected chi connectivity index (χ3v) is 4.85. The Labute approximate surface area is 181 Å². The highest BCUT2D eigenvalue weighted by atomic mass is 19.4. The molecule has 0 aliphatic carbocycles. The molecule has 1 aliphatic rings. The lowest BCUT2D eigenvalue weighted by molar-refractivity contribution is -0.137. The molecule has 0 atom stereocenters. The number of carbonyl (C=O) groups excluding carboxylic acids is 1. The molecule has 0 radical (unpaired) electrons. The lowest BCUT2D eigenvalue weighted by Gasteiger charge is -2.12. The monoisotopic (exact) mass is 440 g/mol. The minimum Gasteiger partial charge on any atom is -0.384 e. The maximum Gasteiger partial charge on any atom is 0.416 e. The van der Waals surface area contributed by atoms with Gasteiger partial charge in [-0.15, -0.1) is 0 Å². The van der Waals surface area contributed by atoms with Crippen molar-refractivity contribution >= 4 is 28.8 Å². The van der Waals surface area contributed by atoms with E-state index in [1.165, 1.54) is 12.1 Å². The van der Waals surface area contributed by atoms with Gasteiger partial charge >= 0.3 is 12.2 Å². The Morgan fingerprint density at radius 2 is 1.81 bits per heavy atom. The number of urea groups is 1. The predicted molar refractivity (Wildman–Crippen MR) is 117 cm³/mol. The van der Waals surface area contributed by atoms with Gasteiger partial charge in [-0.2, -0.15) is 18.3 Å². The van der Waals surface area contributed by atoms with Gasteiger partial charge in [-0.05, 0) is 54.5 Å². The first kappa shape index (κ1) is 21.2. The van der Waals surface area contributed by atoms with Crippen molar-refractivity contribution in [2.75, 3.05) is 17.2 Å². The van der Waals surface area contributed by atoms with Crippen molar-refractivity contribution in [3.63, 3.8) is 0 Å². The third kappa shape index (κ3) is 4.80. The van der Waals surface area contributed by atoms with Gasteiger partial charge < -0.3 is 16.4 Å². The maximum absolute atomic E-state index is 12.7. The molecule has 0 saturated heterocycles. The lowest BCUT2D eigenvalue weighted by Crippen LogP contribution is -2.19. The number of H-pyrrole nitrogens is 1. The van der Waals surface area contributed by atoms with E-state index >= 15 is 0 Å². The Morgan fingerprint density at radius 3 is 2.53 bits per heavy atom. The van der Waals surface area contributed by atoms with Crippen LogP contribution in [-0.4, -0.2) is 28.6 Å². The van der Waals surface area contributed by atoms with Crippen LogP contribution in [0.2, 0.25) is 0 Å². The lowest BCUT2D eigenvalue weighted by atomic mass is 9.97. The van der Waals surface area contributed by atoms with Crippen LogP contribution >= 0.6 is 0 Å². The number of halogens is 3. The molecule has 3 aromatic rings. The van der Waals surface area contributed by atoms with Gasteiger partial charge in [0, 0.05) is 35.2 Å². The zero-order chi connectivity index (χ0) is 22.7. The molecule has 7 nitrogen and oxygen atoms in total. The smallest absolute Gasteiger partial charge is 0.384 e. The number of rotatable bonds is 4. The fourth-order valence-corrected chi connectivity index (χ4v) is 3.35. The van der Waals surface area contributed by atoms with Crippen LogP contribution in [0.3, 0.4) is 0 Å². The van der Waals surface area contributed by atoms with Crippen LogP contribution in [0.15, 0.2) is 65.8 Å². The van der Waals surface area contributed by atoms with Crippen molar-refractivity contribution in [3.05, 3.63) is 71.9 Å². The van der Waals surface area contributed by atoms with Crippen LogP contribution in [0.4, 0.5) is 29.3 Å². The minimum absolute atomic E-state index is 0.240. The number of amides is 2. The molecule has 2 amide bonds. The fraction of sp³-hybridized carbons (Fsp3) is 0.136. The number of aliphatic imine (C=N–C) groups is 1. The summed E-state index contributed by atoms with van der Waals surface area (Å²) in [6, 6.07) is 10.7. The third-order valence-electron chi connectivity index (χ3n) is 4.85. The van der Waals surface area contributed by atoms with Gasteiger partial charge in [-0.3, -0.25) is 10.1 Å². The molecular formula is C22H19F3N6O. The average Bonchev–Trinajstić information content (AvgIpc) is 3.24. The fourth-order valence-electron chi connectivity index (χ4n) is 3.35. The summed E-state index contributed by atoms with van der Waals surface area (Å²) >= 11 is 0. The number of dihydropyridines is 1. The van der Waals surface area contributed by atoms with Crippen molar-refractivity contribution in [1.82, 2.24) is 10.2 Å². The summed E-state index contributed by atoms with van der Waals surface area (Å²) in [7, 11) is 0. The molecule has 32 heavy (non-hydrogen) atoms. The number of nitrogens with two attached hydrogens (primary N) is 1. The van der Waals surface area contributed by atoms with E-state index in [1.807, 2.05) is 12.1 Å². The summed E-state index contributed by atoms with van der Waals surface area (Å²) in [5.74, 6) is 0.466. The summed E-state index contributed by atoms with van der Waals surface area (Å²) in [5, 5.41) is 12.4. The minimum atomic E-state index is -4.43. The van der Waals surface area contributed by atoms with Gasteiger partial charge in [0.25, 0.3) is 0 Å². The molecule has 0 saturated carbocycles. The zero-order valence-corrected chi connectivity index (χ0v) is 16.7. The van der Waals surface area contributed by atoms with Gasteiger partial charge in [-0.25, -0.2) is 4.79 Å². The van der Waals surface area contributed by atoms with Crippen molar-refractivity contribution in [1.29, 1.82) is 0 Å². The Hall–Kier alpha value is -4.08. The molecule has 5 N–H and O–H groups in total. The van der Waals surface area contributed by atoms with E-state index in [0.717, 1.165) is 35.3 Å². The largest absolute Gasteiger partial charge is 0.416 e. The van der Waals surface area contributed by atoms with Crippen molar-refractivity contribution in [2.45, 2.75) is 12.6 Å². The molecule has 164 valence electrons. The van der Waals surface area contributed by atoms with Gasteiger partial charge in [0.2, 0.25) is 0 Å². The standard InChI is InChI=1S/C22H19F3N6O/c23-22(24,25)15-4-6-16(7-5-15)29-21(32)30-17-3-1-2-14(10-17)20-18(12-28-31-20)13-8-9-27-19(26)11-13/h1-7,10-12H,8-9H2,(H2,26,27)(H,28,31)(H2,29,30,32). The van der Waals surface area contributed by atoms with E-state index in [2.05, 4.69) is 25.8 Å². The molecule has 0 bridgehead atoms. The second kappa shape index (κ2) is 8.58. The maximum atomic E-state index is 12.7. The van der Waals surface area contributed by atoms with Gasteiger partial charge in [0.15, 0.2) is 0 Å². The first-order valence-electron chi connectivity index (χ1n) is 9.70. The molecular weight excluding hydrogens is 421 g/mol. The summed E-state index contributed by atoms with van der Waals surface area (Å²) < 4.78 is 38.0. The number of hydrogen-bond donors (Lipinski definition) is 4. The SMILES string of the molecule is NC1=NCCC(c2c[nH]nc2-c2cccc(NC(=O)Nc3ccc(C(F)(F)F)cc3)c2)=C1. The number of benzene rings is 2. The van der Waals surface area contributed by atoms with Crippen LogP contribution in [0.25, 0.3) is 16.8 Å². The first-order valence-corrected chi connectivity index (χ1v) is 9.70. The van der Waals surface area contributed by atoms with Gasteiger partial charge in [-0.1, -0.05) is 12.1 Å². The molecule has 2 aromatic carbocycles. The van der Waals surface area contributed by atoms with E-state index < -0.39 is 17.8 Å². The second-order valence-corrected chi connectivity index (χ2v) is 7.11. The second-order valence-electron chi connectivity index (χ2n) is 7.11. The highest BCUT2D eigenvalue weighted by Crippen LogP contribution is 2.32. The summed E-state index contributed by atoms with van der Waals surface area (Å²) in [6.45, 7) is 0.605. The van der Waals surface area contributed by atoms with Crippen LogP contribution < -0.4 is 16.4 Å². The van der Waals surface area contributed by atoms with Crippen LogP contribution in [0.1, 0.15) is 17.5 Å². The van der Waals surface area contributed by atoms with Crippen molar-refractivity contribution in [3.8, 4) is 11.3 Å². The number of anilines is 2. The number of nitrogens with one attached hydrogen (secondary N) is 3. The summed E-state index contributed by atoms with van der Waals surface area (Å²) in [5.41, 5.74) is 9.17. The predicted octanol–water partition coefficient (Wildman–Crippen LogP) is 4.88. The van der Waals surface area contributed by atoms with Crippen LogP contribution in [-0.2, 0) is 6.18 Å². The number of aromatic amines is 1.